The van der Waals surface area contributed by atoms with Crippen molar-refractivity contribution in [2.45, 2.75) is 25.3 Å². The van der Waals surface area contributed by atoms with Gasteiger partial charge in [-0.15, -0.1) is 0 Å². The van der Waals surface area contributed by atoms with E-state index in [1.807, 2.05) is 0 Å². The number of sulfonamides is 1. The van der Waals surface area contributed by atoms with Crippen molar-refractivity contribution in [3.63, 3.8) is 0 Å². The summed E-state index contributed by atoms with van der Waals surface area (Å²) in [6, 6.07) is 11.4. The normalized spacial score (nSPS) is 11.3. The SMILES string of the molecule is CCN(CC)S(=O)(=O)c1cccc(C(=O)OCC(=O)NCc2ccccc2F)c1. The molecule has 7 nitrogen and oxygen atoms in total. The lowest BCUT2D eigenvalue weighted by Gasteiger charge is -2.18. The summed E-state index contributed by atoms with van der Waals surface area (Å²) in [6.07, 6.45) is 0. The summed E-state index contributed by atoms with van der Waals surface area (Å²) in [5.41, 5.74) is 0.321. The van der Waals surface area contributed by atoms with E-state index in [-0.39, 0.29) is 17.0 Å². The zero-order valence-corrected chi connectivity index (χ0v) is 17.0. The number of carbonyl (C=O) groups is 2. The van der Waals surface area contributed by atoms with E-state index in [1.165, 1.54) is 46.8 Å². The molecule has 0 aliphatic heterocycles. The summed E-state index contributed by atoms with van der Waals surface area (Å²) in [5.74, 6) is -1.88. The molecule has 0 aliphatic carbocycles. The van der Waals surface area contributed by atoms with E-state index in [2.05, 4.69) is 5.32 Å². The summed E-state index contributed by atoms with van der Waals surface area (Å²) >= 11 is 0. The number of halogens is 1. The van der Waals surface area contributed by atoms with E-state index in [1.54, 1.807) is 19.9 Å². The first-order chi connectivity index (χ1) is 13.8. The second-order valence-corrected chi connectivity index (χ2v) is 8.00. The fourth-order valence-corrected chi connectivity index (χ4v) is 4.10. The largest absolute Gasteiger partial charge is 0.452 e. The topological polar surface area (TPSA) is 92.8 Å². The number of rotatable bonds is 9. The monoisotopic (exact) mass is 422 g/mol. The number of esters is 1. The Kier molecular flexibility index (Phi) is 7.86. The van der Waals surface area contributed by atoms with Crippen LogP contribution >= 0.6 is 0 Å². The molecule has 29 heavy (non-hydrogen) atoms. The molecule has 0 saturated heterocycles. The van der Waals surface area contributed by atoms with Crippen molar-refractivity contribution in [1.82, 2.24) is 9.62 Å². The third-order valence-electron chi connectivity index (χ3n) is 4.18. The van der Waals surface area contributed by atoms with E-state index >= 15 is 0 Å². The van der Waals surface area contributed by atoms with E-state index in [0.717, 1.165) is 0 Å². The average molecular weight is 422 g/mol. The maximum absolute atomic E-state index is 13.5. The summed E-state index contributed by atoms with van der Waals surface area (Å²) < 4.78 is 44.9. The second kappa shape index (κ2) is 10.1. The van der Waals surface area contributed by atoms with Gasteiger partial charge in [-0.2, -0.15) is 4.31 Å². The minimum absolute atomic E-state index is 0.0140. The van der Waals surface area contributed by atoms with Crippen LogP contribution in [0.3, 0.4) is 0 Å². The molecule has 9 heteroatoms. The summed E-state index contributed by atoms with van der Waals surface area (Å²) in [4.78, 5) is 24.0. The number of ether oxygens (including phenoxy) is 1. The van der Waals surface area contributed by atoms with Gasteiger partial charge in [-0.1, -0.05) is 38.1 Å². The molecule has 0 unspecified atom stereocenters. The first-order valence-corrected chi connectivity index (χ1v) is 10.5. The second-order valence-electron chi connectivity index (χ2n) is 6.06. The molecule has 1 amide bonds. The van der Waals surface area contributed by atoms with Gasteiger partial charge < -0.3 is 10.1 Å². The highest BCUT2D eigenvalue weighted by molar-refractivity contribution is 7.89. The maximum Gasteiger partial charge on any atom is 0.338 e. The van der Waals surface area contributed by atoms with E-state index in [9.17, 15) is 22.4 Å². The lowest BCUT2D eigenvalue weighted by atomic mass is 10.2. The van der Waals surface area contributed by atoms with Gasteiger partial charge in [-0.3, -0.25) is 4.79 Å². The van der Waals surface area contributed by atoms with Crippen LogP contribution in [0.4, 0.5) is 4.39 Å². The molecule has 2 aromatic carbocycles. The van der Waals surface area contributed by atoms with Crippen LogP contribution in [-0.2, 0) is 26.1 Å². The van der Waals surface area contributed by atoms with Crippen LogP contribution < -0.4 is 5.32 Å². The third-order valence-corrected chi connectivity index (χ3v) is 6.23. The molecule has 0 fully saturated rings. The fraction of sp³-hybridized carbons (Fsp3) is 0.300. The van der Waals surface area contributed by atoms with Gasteiger partial charge in [0.2, 0.25) is 10.0 Å². The Morgan fingerprint density at radius 1 is 1.07 bits per heavy atom. The average Bonchev–Trinajstić information content (AvgIpc) is 2.72. The van der Waals surface area contributed by atoms with Gasteiger partial charge in [-0.25, -0.2) is 17.6 Å². The molecule has 0 bridgehead atoms. The fourth-order valence-electron chi connectivity index (χ4n) is 2.60. The van der Waals surface area contributed by atoms with Gasteiger partial charge in [0.05, 0.1) is 10.5 Å². The molecule has 0 radical (unpaired) electrons. The number of nitrogens with zero attached hydrogens (tertiary/aromatic N) is 1. The van der Waals surface area contributed by atoms with E-state index < -0.39 is 34.3 Å². The van der Waals surface area contributed by atoms with Crippen LogP contribution in [0.25, 0.3) is 0 Å². The van der Waals surface area contributed by atoms with Gasteiger partial charge in [0.1, 0.15) is 5.82 Å². The molecule has 1 N–H and O–H groups in total. The van der Waals surface area contributed by atoms with Crippen LogP contribution in [0.1, 0.15) is 29.8 Å². The van der Waals surface area contributed by atoms with Crippen molar-refractivity contribution in [2.24, 2.45) is 0 Å². The minimum Gasteiger partial charge on any atom is -0.452 e. The standard InChI is InChI=1S/C20H23FN2O5S/c1-3-23(4-2)29(26,27)17-10-7-9-15(12-17)20(25)28-14-19(24)22-13-16-8-5-6-11-18(16)21/h5-12H,3-4,13-14H2,1-2H3,(H,22,24). The van der Waals surface area contributed by atoms with E-state index in [0.29, 0.717) is 18.7 Å². The molecule has 2 rings (SSSR count). The van der Waals surface area contributed by atoms with Gasteiger partial charge in [0.25, 0.3) is 5.91 Å². The number of amides is 1. The Bertz CT molecular complexity index is 974. The number of carbonyl (C=O) groups excluding carboxylic acids is 2. The molecule has 156 valence electrons. The molecule has 0 heterocycles. The summed E-state index contributed by atoms with van der Waals surface area (Å²) in [5, 5.41) is 2.45. The molecule has 0 aliphatic rings. The molecular weight excluding hydrogens is 399 g/mol. The van der Waals surface area contributed by atoms with Gasteiger partial charge in [0.15, 0.2) is 6.61 Å². The predicted octanol–water partition coefficient (Wildman–Crippen LogP) is 2.33. The van der Waals surface area contributed by atoms with Crippen LogP contribution in [0.5, 0.6) is 0 Å². The van der Waals surface area contributed by atoms with Crippen molar-refractivity contribution in [3.05, 3.63) is 65.5 Å². The van der Waals surface area contributed by atoms with Crippen LogP contribution in [0.2, 0.25) is 0 Å². The molecule has 0 saturated carbocycles. The smallest absolute Gasteiger partial charge is 0.338 e. The summed E-state index contributed by atoms with van der Waals surface area (Å²) in [7, 11) is -3.72. The zero-order chi connectivity index (χ0) is 21.4. The Morgan fingerprint density at radius 2 is 1.76 bits per heavy atom. The Labute approximate surface area is 169 Å². The molecule has 0 atom stereocenters. The quantitative estimate of drug-likeness (QED) is 0.626. The van der Waals surface area contributed by atoms with Crippen LogP contribution in [0.15, 0.2) is 53.4 Å². The van der Waals surface area contributed by atoms with Crippen LogP contribution in [0, 0.1) is 5.82 Å². The Balaban J connectivity index is 1.97. The lowest BCUT2D eigenvalue weighted by Crippen LogP contribution is -2.31. The molecule has 0 spiro atoms. The number of hydrogen-bond donors (Lipinski definition) is 1. The zero-order valence-electron chi connectivity index (χ0n) is 16.2. The predicted molar refractivity (Wildman–Crippen MR) is 105 cm³/mol. The van der Waals surface area contributed by atoms with Crippen molar-refractivity contribution in [3.8, 4) is 0 Å². The number of nitrogens with one attached hydrogen (secondary N) is 1. The highest BCUT2D eigenvalue weighted by Crippen LogP contribution is 2.17. The van der Waals surface area contributed by atoms with Gasteiger partial charge in [-0.05, 0) is 24.3 Å². The van der Waals surface area contributed by atoms with Gasteiger partial charge >= 0.3 is 5.97 Å². The highest BCUT2D eigenvalue weighted by Gasteiger charge is 2.23. The van der Waals surface area contributed by atoms with Crippen molar-refractivity contribution < 1.29 is 27.1 Å². The first kappa shape index (κ1) is 22.5. The lowest BCUT2D eigenvalue weighted by molar-refractivity contribution is -0.124. The van der Waals surface area contributed by atoms with Crippen molar-refractivity contribution in [1.29, 1.82) is 0 Å². The highest BCUT2D eigenvalue weighted by atomic mass is 32.2. The van der Waals surface area contributed by atoms with Gasteiger partial charge in [0, 0.05) is 25.2 Å². The van der Waals surface area contributed by atoms with Crippen molar-refractivity contribution in [2.75, 3.05) is 19.7 Å². The third kappa shape index (κ3) is 5.85. The maximum atomic E-state index is 13.5. The molecule has 2 aromatic rings. The minimum atomic E-state index is -3.72. The van der Waals surface area contributed by atoms with E-state index in [4.69, 9.17) is 4.74 Å². The Morgan fingerprint density at radius 3 is 2.41 bits per heavy atom. The first-order valence-electron chi connectivity index (χ1n) is 9.07. The number of benzene rings is 2. The van der Waals surface area contributed by atoms with Crippen molar-refractivity contribution >= 4 is 21.9 Å². The summed E-state index contributed by atoms with van der Waals surface area (Å²) in [6.45, 7) is 3.44. The van der Waals surface area contributed by atoms with Crippen LogP contribution in [-0.4, -0.2) is 44.3 Å². The molecular formula is C20H23FN2O5S. The molecule has 0 aromatic heterocycles. The Hall–Kier alpha value is -2.78. The number of hydrogen-bond acceptors (Lipinski definition) is 5.